The summed E-state index contributed by atoms with van der Waals surface area (Å²) in [6, 6.07) is 0. The maximum Gasteiger partial charge on any atom is 0.408 e. The van der Waals surface area contributed by atoms with Crippen molar-refractivity contribution in [3.63, 3.8) is 0 Å². The smallest absolute Gasteiger partial charge is 0.408 e. The molecule has 0 aromatic carbocycles. The van der Waals surface area contributed by atoms with E-state index in [0.717, 1.165) is 0 Å². The predicted molar refractivity (Wildman–Crippen MR) is 60.2 cm³/mol. The van der Waals surface area contributed by atoms with Gasteiger partial charge < -0.3 is 15.2 Å². The van der Waals surface area contributed by atoms with Crippen LogP contribution in [-0.4, -0.2) is 28.3 Å². The number of rotatable bonds is 3. The lowest BCUT2D eigenvalue weighted by molar-refractivity contribution is -0.146. The number of carbonyl (C=O) groups excluding carboxylic acids is 1. The Bertz CT molecular complexity index is 280. The number of carboxylic acid groups (broad SMARTS) is 1. The number of ether oxygens (including phenoxy) is 1. The second-order valence-corrected chi connectivity index (χ2v) is 5.29. The van der Waals surface area contributed by atoms with Crippen molar-refractivity contribution < 1.29 is 19.4 Å². The van der Waals surface area contributed by atoms with Crippen molar-refractivity contribution in [2.45, 2.75) is 52.7 Å². The minimum Gasteiger partial charge on any atom is -0.480 e. The molecule has 0 bridgehead atoms. The fourth-order valence-electron chi connectivity index (χ4n) is 0.960. The highest BCUT2D eigenvalue weighted by atomic mass is 16.6. The van der Waals surface area contributed by atoms with Crippen LogP contribution in [0.5, 0.6) is 0 Å². The summed E-state index contributed by atoms with van der Waals surface area (Å²) in [6.45, 7) is 10.1. The van der Waals surface area contributed by atoms with Crippen molar-refractivity contribution in [1.29, 1.82) is 0 Å². The Labute approximate surface area is 96.2 Å². The summed E-state index contributed by atoms with van der Waals surface area (Å²) < 4.78 is 5.02. The number of amides is 1. The Kier molecular flexibility index (Phi) is 4.35. The zero-order valence-corrected chi connectivity index (χ0v) is 10.7. The summed E-state index contributed by atoms with van der Waals surface area (Å²) in [4.78, 5) is 22.6. The number of alkyl carbamates (subject to hydrolysis) is 1. The fraction of sp³-hybridized carbons (Fsp3) is 0.818. The second kappa shape index (κ2) is 4.72. The van der Waals surface area contributed by atoms with Gasteiger partial charge in [-0.25, -0.2) is 9.59 Å². The molecule has 0 radical (unpaired) electrons. The summed E-state index contributed by atoms with van der Waals surface area (Å²) in [5.74, 6) is -1.31. The largest absolute Gasteiger partial charge is 0.480 e. The van der Waals surface area contributed by atoms with E-state index in [1.807, 2.05) is 0 Å². The first-order valence-corrected chi connectivity index (χ1v) is 5.23. The monoisotopic (exact) mass is 231 g/mol. The molecule has 0 aliphatic heterocycles. The van der Waals surface area contributed by atoms with E-state index in [9.17, 15) is 9.59 Å². The van der Waals surface area contributed by atoms with Crippen molar-refractivity contribution in [1.82, 2.24) is 5.32 Å². The highest BCUT2D eigenvalue weighted by molar-refractivity contribution is 5.84. The van der Waals surface area contributed by atoms with Gasteiger partial charge >= 0.3 is 12.1 Å². The van der Waals surface area contributed by atoms with Gasteiger partial charge in [0.15, 0.2) is 0 Å². The molecule has 1 atom stereocenters. The van der Waals surface area contributed by atoms with E-state index in [2.05, 4.69) is 5.32 Å². The molecule has 1 unspecified atom stereocenters. The van der Waals surface area contributed by atoms with Crippen molar-refractivity contribution in [3.8, 4) is 0 Å². The van der Waals surface area contributed by atoms with Gasteiger partial charge in [-0.1, -0.05) is 13.8 Å². The van der Waals surface area contributed by atoms with E-state index in [-0.39, 0.29) is 5.92 Å². The Morgan fingerprint density at radius 2 is 1.62 bits per heavy atom. The topological polar surface area (TPSA) is 75.6 Å². The van der Waals surface area contributed by atoms with Gasteiger partial charge in [0.1, 0.15) is 11.1 Å². The quantitative estimate of drug-likeness (QED) is 0.779. The molecule has 5 nitrogen and oxygen atoms in total. The van der Waals surface area contributed by atoms with Crippen LogP contribution in [0.2, 0.25) is 0 Å². The standard InChI is InChI=1S/C11H21NO4/c1-7(2)11(6,8(13)14)12-9(15)16-10(3,4)5/h7H,1-6H3,(H,12,15)(H,13,14). The van der Waals surface area contributed by atoms with Crippen molar-refractivity contribution in [2.24, 2.45) is 5.92 Å². The zero-order chi connectivity index (χ0) is 13.1. The van der Waals surface area contributed by atoms with Crippen LogP contribution < -0.4 is 5.32 Å². The van der Waals surface area contributed by atoms with E-state index < -0.39 is 23.2 Å². The lowest BCUT2D eigenvalue weighted by atomic mass is 9.89. The van der Waals surface area contributed by atoms with Crippen LogP contribution in [0.3, 0.4) is 0 Å². The molecule has 0 aromatic heterocycles. The van der Waals surface area contributed by atoms with Gasteiger partial charge in [0.05, 0.1) is 0 Å². The molecule has 0 aromatic rings. The molecule has 16 heavy (non-hydrogen) atoms. The SMILES string of the molecule is CC(C)C(C)(NC(=O)OC(C)(C)C)C(=O)O. The average Bonchev–Trinajstić information content (AvgIpc) is 1.98. The summed E-state index contributed by atoms with van der Waals surface area (Å²) in [5.41, 5.74) is -1.96. The van der Waals surface area contributed by atoms with Crippen LogP contribution in [0.4, 0.5) is 4.79 Å². The van der Waals surface area contributed by atoms with Crippen LogP contribution in [-0.2, 0) is 9.53 Å². The zero-order valence-electron chi connectivity index (χ0n) is 10.7. The molecule has 0 spiro atoms. The van der Waals surface area contributed by atoms with Crippen LogP contribution >= 0.6 is 0 Å². The average molecular weight is 231 g/mol. The second-order valence-electron chi connectivity index (χ2n) is 5.29. The third-order valence-corrected chi connectivity index (χ3v) is 2.36. The van der Waals surface area contributed by atoms with E-state index >= 15 is 0 Å². The highest BCUT2D eigenvalue weighted by Gasteiger charge is 2.39. The van der Waals surface area contributed by atoms with E-state index in [0.29, 0.717) is 0 Å². The number of carboxylic acids is 1. The van der Waals surface area contributed by atoms with Gasteiger partial charge in [0.25, 0.3) is 0 Å². The van der Waals surface area contributed by atoms with Crippen molar-refractivity contribution in [2.75, 3.05) is 0 Å². The van der Waals surface area contributed by atoms with Gasteiger partial charge in [0, 0.05) is 0 Å². The Morgan fingerprint density at radius 3 is 1.88 bits per heavy atom. The predicted octanol–water partition coefficient (Wildman–Crippen LogP) is 2.01. The van der Waals surface area contributed by atoms with Gasteiger partial charge in [0.2, 0.25) is 0 Å². The molecule has 0 aliphatic rings. The summed E-state index contributed by atoms with van der Waals surface area (Å²) >= 11 is 0. The Balaban J connectivity index is 4.68. The molecule has 1 amide bonds. The third-order valence-electron chi connectivity index (χ3n) is 2.36. The molecule has 2 N–H and O–H groups in total. The van der Waals surface area contributed by atoms with Gasteiger partial charge in [-0.05, 0) is 33.6 Å². The fourth-order valence-corrected chi connectivity index (χ4v) is 0.960. The normalized spacial score (nSPS) is 15.4. The van der Waals surface area contributed by atoms with Crippen LogP contribution in [0.15, 0.2) is 0 Å². The summed E-state index contributed by atoms with van der Waals surface area (Å²) in [6.07, 6.45) is -0.717. The van der Waals surface area contributed by atoms with Crippen molar-refractivity contribution in [3.05, 3.63) is 0 Å². The Morgan fingerprint density at radius 1 is 1.19 bits per heavy atom. The van der Waals surface area contributed by atoms with Crippen LogP contribution in [0.1, 0.15) is 41.5 Å². The molecule has 0 saturated carbocycles. The van der Waals surface area contributed by atoms with Gasteiger partial charge in [-0.15, -0.1) is 0 Å². The van der Waals surface area contributed by atoms with Crippen LogP contribution in [0, 0.1) is 5.92 Å². The first-order chi connectivity index (χ1) is 6.99. The molecule has 0 aliphatic carbocycles. The van der Waals surface area contributed by atoms with Crippen molar-refractivity contribution >= 4 is 12.1 Å². The number of aliphatic carboxylic acids is 1. The molecule has 0 heterocycles. The minimum atomic E-state index is -1.32. The number of carbonyl (C=O) groups is 2. The molecule has 94 valence electrons. The lowest BCUT2D eigenvalue weighted by Gasteiger charge is -2.31. The maximum absolute atomic E-state index is 11.5. The first-order valence-electron chi connectivity index (χ1n) is 5.23. The number of hydrogen-bond acceptors (Lipinski definition) is 3. The number of nitrogens with one attached hydrogen (secondary N) is 1. The lowest BCUT2D eigenvalue weighted by Crippen LogP contribution is -2.56. The molecular weight excluding hydrogens is 210 g/mol. The molecule has 0 rings (SSSR count). The van der Waals surface area contributed by atoms with E-state index in [4.69, 9.17) is 9.84 Å². The molecule has 0 saturated heterocycles. The van der Waals surface area contributed by atoms with Crippen LogP contribution in [0.25, 0.3) is 0 Å². The highest BCUT2D eigenvalue weighted by Crippen LogP contribution is 2.18. The van der Waals surface area contributed by atoms with E-state index in [1.165, 1.54) is 6.92 Å². The molecule has 5 heteroatoms. The maximum atomic E-state index is 11.5. The Hall–Kier alpha value is -1.26. The minimum absolute atomic E-state index is 0.238. The summed E-state index contributed by atoms with van der Waals surface area (Å²) in [7, 11) is 0. The molecule has 0 fully saturated rings. The van der Waals surface area contributed by atoms with E-state index in [1.54, 1.807) is 34.6 Å². The third kappa shape index (κ3) is 4.08. The summed E-state index contributed by atoms with van der Waals surface area (Å²) in [5, 5.41) is 11.5. The molecular formula is C11H21NO4. The number of hydrogen-bond donors (Lipinski definition) is 2. The first kappa shape index (κ1) is 14.7. The van der Waals surface area contributed by atoms with Gasteiger partial charge in [-0.2, -0.15) is 0 Å². The van der Waals surface area contributed by atoms with Gasteiger partial charge in [-0.3, -0.25) is 0 Å².